The van der Waals surface area contributed by atoms with Crippen LogP contribution in [-0.2, 0) is 16.1 Å². The number of rotatable bonds is 7. The summed E-state index contributed by atoms with van der Waals surface area (Å²) in [4.78, 5) is 32.8. The second-order valence-corrected chi connectivity index (χ2v) is 6.74. The predicted molar refractivity (Wildman–Crippen MR) is 106 cm³/mol. The van der Waals surface area contributed by atoms with Gasteiger partial charge >= 0.3 is 0 Å². The number of nitrogens with one attached hydrogen (secondary N) is 1. The van der Waals surface area contributed by atoms with Crippen molar-refractivity contribution in [3.63, 3.8) is 0 Å². The van der Waals surface area contributed by atoms with Crippen LogP contribution < -0.4 is 10.2 Å². The SMILES string of the molecule is CCN(CC)c1ccc(NC(=O)C2CC(=O)N(Cc3ccncc3)C2)cc1. The van der Waals surface area contributed by atoms with E-state index < -0.39 is 0 Å². The average Bonchev–Trinajstić information content (AvgIpc) is 3.05. The van der Waals surface area contributed by atoms with E-state index in [1.165, 1.54) is 0 Å². The van der Waals surface area contributed by atoms with Crippen LogP contribution in [-0.4, -0.2) is 41.3 Å². The largest absolute Gasteiger partial charge is 0.372 e. The Bertz CT molecular complexity index is 773. The van der Waals surface area contributed by atoms with E-state index in [1.807, 2.05) is 36.4 Å². The zero-order chi connectivity index (χ0) is 19.2. The molecule has 6 heteroatoms. The highest BCUT2D eigenvalue weighted by Crippen LogP contribution is 2.23. The molecule has 27 heavy (non-hydrogen) atoms. The van der Waals surface area contributed by atoms with E-state index in [9.17, 15) is 9.59 Å². The van der Waals surface area contributed by atoms with Crippen LogP contribution in [0.2, 0.25) is 0 Å². The standard InChI is InChI=1S/C21H26N4O2/c1-3-24(4-2)19-7-5-18(6-8-19)23-21(27)17-13-20(26)25(15-17)14-16-9-11-22-12-10-16/h5-12,17H,3-4,13-15H2,1-2H3,(H,23,27). The van der Waals surface area contributed by atoms with Gasteiger partial charge in [0.15, 0.2) is 0 Å². The van der Waals surface area contributed by atoms with Crippen LogP contribution in [0.5, 0.6) is 0 Å². The lowest BCUT2D eigenvalue weighted by Crippen LogP contribution is -2.28. The van der Waals surface area contributed by atoms with Gasteiger partial charge < -0.3 is 15.1 Å². The molecule has 1 fully saturated rings. The van der Waals surface area contributed by atoms with Crippen molar-refractivity contribution in [1.29, 1.82) is 0 Å². The third-order valence-corrected chi connectivity index (χ3v) is 4.97. The molecule has 0 spiro atoms. The van der Waals surface area contributed by atoms with Crippen molar-refractivity contribution >= 4 is 23.2 Å². The number of nitrogens with zero attached hydrogens (tertiary/aromatic N) is 3. The fraction of sp³-hybridized carbons (Fsp3) is 0.381. The highest BCUT2D eigenvalue weighted by Gasteiger charge is 2.34. The van der Waals surface area contributed by atoms with Gasteiger partial charge in [0.1, 0.15) is 0 Å². The number of aromatic nitrogens is 1. The molecule has 1 N–H and O–H groups in total. The molecule has 3 rings (SSSR count). The van der Waals surface area contributed by atoms with Gasteiger partial charge in [0.05, 0.1) is 5.92 Å². The van der Waals surface area contributed by atoms with Crippen molar-refractivity contribution in [3.05, 3.63) is 54.4 Å². The van der Waals surface area contributed by atoms with Gasteiger partial charge in [-0.3, -0.25) is 14.6 Å². The molecule has 1 unspecified atom stereocenters. The summed E-state index contributed by atoms with van der Waals surface area (Å²) in [6, 6.07) is 11.6. The highest BCUT2D eigenvalue weighted by molar-refractivity contribution is 5.97. The van der Waals surface area contributed by atoms with Crippen molar-refractivity contribution < 1.29 is 9.59 Å². The Balaban J connectivity index is 1.57. The van der Waals surface area contributed by atoms with Crippen molar-refractivity contribution in [2.24, 2.45) is 5.92 Å². The van der Waals surface area contributed by atoms with Crippen LogP contribution in [0.15, 0.2) is 48.8 Å². The van der Waals surface area contributed by atoms with Gasteiger partial charge in [-0.05, 0) is 55.8 Å². The van der Waals surface area contributed by atoms with Gasteiger partial charge in [0, 0.05) is 56.4 Å². The van der Waals surface area contributed by atoms with Crippen LogP contribution in [0, 0.1) is 5.92 Å². The van der Waals surface area contributed by atoms with Crippen LogP contribution in [0.25, 0.3) is 0 Å². The maximum Gasteiger partial charge on any atom is 0.229 e. The molecule has 1 aromatic carbocycles. The lowest BCUT2D eigenvalue weighted by Gasteiger charge is -2.21. The topological polar surface area (TPSA) is 65.5 Å². The van der Waals surface area contributed by atoms with Gasteiger partial charge in [-0.15, -0.1) is 0 Å². The first-order chi connectivity index (χ1) is 13.1. The van der Waals surface area contributed by atoms with Crippen molar-refractivity contribution in [2.75, 3.05) is 29.9 Å². The average molecular weight is 366 g/mol. The minimum absolute atomic E-state index is 0.0174. The Kier molecular flexibility index (Phi) is 6.06. The molecule has 2 heterocycles. The molecule has 1 saturated heterocycles. The van der Waals surface area contributed by atoms with Gasteiger partial charge in [0.2, 0.25) is 11.8 Å². The molecule has 0 saturated carbocycles. The Morgan fingerprint density at radius 2 is 1.81 bits per heavy atom. The second-order valence-electron chi connectivity index (χ2n) is 6.74. The van der Waals surface area contributed by atoms with Gasteiger partial charge in [-0.2, -0.15) is 0 Å². The monoisotopic (exact) mass is 366 g/mol. The molecule has 1 aromatic heterocycles. The third-order valence-electron chi connectivity index (χ3n) is 4.97. The first-order valence-electron chi connectivity index (χ1n) is 9.43. The van der Waals surface area contributed by atoms with E-state index in [2.05, 4.69) is 29.0 Å². The number of likely N-dealkylation sites (tertiary alicyclic amines) is 1. The molecular formula is C21H26N4O2. The number of benzene rings is 1. The van der Waals surface area contributed by atoms with Crippen LogP contribution in [0.4, 0.5) is 11.4 Å². The summed E-state index contributed by atoms with van der Waals surface area (Å²) < 4.78 is 0. The molecule has 0 bridgehead atoms. The highest BCUT2D eigenvalue weighted by atomic mass is 16.2. The lowest BCUT2D eigenvalue weighted by molar-refractivity contribution is -0.128. The van der Waals surface area contributed by atoms with Gasteiger partial charge in [0.25, 0.3) is 0 Å². The Morgan fingerprint density at radius 1 is 1.15 bits per heavy atom. The summed E-state index contributed by atoms with van der Waals surface area (Å²) in [7, 11) is 0. The second kappa shape index (κ2) is 8.66. The van der Waals surface area contributed by atoms with E-state index in [0.29, 0.717) is 13.1 Å². The van der Waals surface area contributed by atoms with Gasteiger partial charge in [-0.1, -0.05) is 0 Å². The lowest BCUT2D eigenvalue weighted by atomic mass is 10.1. The quantitative estimate of drug-likeness (QED) is 0.818. The number of hydrogen-bond acceptors (Lipinski definition) is 4. The predicted octanol–water partition coefficient (Wildman–Crippen LogP) is 2.92. The maximum absolute atomic E-state index is 12.6. The van der Waals surface area contributed by atoms with Crippen molar-refractivity contribution in [2.45, 2.75) is 26.8 Å². The Labute approximate surface area is 160 Å². The summed E-state index contributed by atoms with van der Waals surface area (Å²) in [5, 5.41) is 2.94. The number of anilines is 2. The minimum Gasteiger partial charge on any atom is -0.372 e. The van der Waals surface area contributed by atoms with Crippen LogP contribution >= 0.6 is 0 Å². The summed E-state index contributed by atoms with van der Waals surface area (Å²) >= 11 is 0. The van der Waals surface area contributed by atoms with E-state index in [0.717, 1.165) is 30.0 Å². The van der Waals surface area contributed by atoms with E-state index >= 15 is 0 Å². The van der Waals surface area contributed by atoms with Crippen molar-refractivity contribution in [1.82, 2.24) is 9.88 Å². The number of amides is 2. The first-order valence-corrected chi connectivity index (χ1v) is 9.43. The fourth-order valence-electron chi connectivity index (χ4n) is 3.40. The zero-order valence-corrected chi connectivity index (χ0v) is 15.9. The number of carbonyl (C=O) groups is 2. The normalized spacial score (nSPS) is 16.4. The minimum atomic E-state index is -0.318. The fourth-order valence-corrected chi connectivity index (χ4v) is 3.40. The number of carbonyl (C=O) groups excluding carboxylic acids is 2. The van der Waals surface area contributed by atoms with Crippen LogP contribution in [0.1, 0.15) is 25.8 Å². The molecule has 1 aliphatic rings. The maximum atomic E-state index is 12.6. The smallest absolute Gasteiger partial charge is 0.229 e. The molecular weight excluding hydrogens is 340 g/mol. The number of hydrogen-bond donors (Lipinski definition) is 1. The van der Waals surface area contributed by atoms with E-state index in [1.54, 1.807) is 17.3 Å². The molecule has 1 atom stereocenters. The molecule has 2 amide bonds. The molecule has 0 aliphatic carbocycles. The van der Waals surface area contributed by atoms with E-state index in [-0.39, 0.29) is 24.2 Å². The zero-order valence-electron chi connectivity index (χ0n) is 15.9. The molecule has 1 aliphatic heterocycles. The Hall–Kier alpha value is -2.89. The summed E-state index contributed by atoms with van der Waals surface area (Å²) in [5.74, 6) is -0.401. The molecule has 2 aromatic rings. The molecule has 0 radical (unpaired) electrons. The molecule has 142 valence electrons. The third kappa shape index (κ3) is 4.64. The van der Waals surface area contributed by atoms with Crippen LogP contribution in [0.3, 0.4) is 0 Å². The molecule has 6 nitrogen and oxygen atoms in total. The first kappa shape index (κ1) is 18.9. The summed E-state index contributed by atoms with van der Waals surface area (Å²) in [5.41, 5.74) is 2.92. The summed E-state index contributed by atoms with van der Waals surface area (Å²) in [6.45, 7) is 7.09. The van der Waals surface area contributed by atoms with Gasteiger partial charge in [-0.25, -0.2) is 0 Å². The Morgan fingerprint density at radius 3 is 2.44 bits per heavy atom. The van der Waals surface area contributed by atoms with Crippen molar-refractivity contribution in [3.8, 4) is 0 Å². The van der Waals surface area contributed by atoms with E-state index in [4.69, 9.17) is 0 Å². The number of pyridine rings is 1. The summed E-state index contributed by atoms with van der Waals surface area (Å²) in [6.07, 6.45) is 3.68.